The van der Waals surface area contributed by atoms with Crippen molar-refractivity contribution in [3.05, 3.63) is 64.7 Å². The summed E-state index contributed by atoms with van der Waals surface area (Å²) in [4.78, 5) is 22.9. The normalized spacial score (nSPS) is 11.6. The molecule has 2 aromatic rings. The first-order valence-electron chi connectivity index (χ1n) is 8.17. The van der Waals surface area contributed by atoms with E-state index in [0.717, 1.165) is 22.4 Å². The molecule has 0 bridgehead atoms. The van der Waals surface area contributed by atoms with Crippen LogP contribution in [0.1, 0.15) is 34.0 Å². The SMILES string of the molecule is Cc1cccc(C)c1OCC(C)NC(=O)Cc1ccc(C(=O)O)cc1. The van der Waals surface area contributed by atoms with E-state index in [4.69, 9.17) is 9.84 Å². The molecule has 0 fully saturated rings. The molecule has 2 rings (SSSR count). The van der Waals surface area contributed by atoms with Gasteiger partial charge in [0.05, 0.1) is 18.0 Å². The van der Waals surface area contributed by atoms with Crippen LogP contribution in [0.25, 0.3) is 0 Å². The lowest BCUT2D eigenvalue weighted by molar-refractivity contribution is -0.121. The largest absolute Gasteiger partial charge is 0.491 e. The minimum atomic E-state index is -0.978. The number of hydrogen-bond donors (Lipinski definition) is 2. The van der Waals surface area contributed by atoms with E-state index in [2.05, 4.69) is 5.32 Å². The van der Waals surface area contributed by atoms with Crippen molar-refractivity contribution in [1.29, 1.82) is 0 Å². The molecule has 0 saturated heterocycles. The fraction of sp³-hybridized carbons (Fsp3) is 0.300. The quantitative estimate of drug-likeness (QED) is 0.811. The van der Waals surface area contributed by atoms with Crippen molar-refractivity contribution in [2.45, 2.75) is 33.2 Å². The van der Waals surface area contributed by atoms with Gasteiger partial charge in [0.25, 0.3) is 0 Å². The van der Waals surface area contributed by atoms with Gasteiger partial charge in [-0.25, -0.2) is 4.79 Å². The summed E-state index contributed by atoms with van der Waals surface area (Å²) in [6, 6.07) is 12.1. The zero-order chi connectivity index (χ0) is 18.4. The van der Waals surface area contributed by atoms with Crippen molar-refractivity contribution in [1.82, 2.24) is 5.32 Å². The number of hydrogen-bond acceptors (Lipinski definition) is 3. The van der Waals surface area contributed by atoms with Gasteiger partial charge in [0.2, 0.25) is 5.91 Å². The van der Waals surface area contributed by atoms with Gasteiger partial charge in [-0.3, -0.25) is 4.79 Å². The maximum atomic E-state index is 12.1. The average Bonchev–Trinajstić information content (AvgIpc) is 2.54. The number of aromatic carboxylic acids is 1. The van der Waals surface area contributed by atoms with Crippen LogP contribution in [0.4, 0.5) is 0 Å². The van der Waals surface area contributed by atoms with Gasteiger partial charge in [0.1, 0.15) is 12.4 Å². The number of benzene rings is 2. The Bertz CT molecular complexity index is 733. The Labute approximate surface area is 147 Å². The monoisotopic (exact) mass is 341 g/mol. The highest BCUT2D eigenvalue weighted by Gasteiger charge is 2.11. The van der Waals surface area contributed by atoms with Crippen LogP contribution in [0, 0.1) is 13.8 Å². The molecule has 2 aromatic carbocycles. The van der Waals surface area contributed by atoms with Crippen LogP contribution in [0.15, 0.2) is 42.5 Å². The highest BCUT2D eigenvalue weighted by molar-refractivity contribution is 5.87. The third kappa shape index (κ3) is 5.35. The summed E-state index contributed by atoms with van der Waals surface area (Å²) in [6.07, 6.45) is 0.202. The number of nitrogens with one attached hydrogen (secondary N) is 1. The molecule has 0 aromatic heterocycles. The van der Waals surface area contributed by atoms with Crippen LogP contribution in [-0.2, 0) is 11.2 Å². The minimum Gasteiger partial charge on any atom is -0.491 e. The molecule has 5 heteroatoms. The Morgan fingerprint density at radius 1 is 1.08 bits per heavy atom. The standard InChI is InChI=1S/C20H23NO4/c1-13-5-4-6-14(2)19(13)25-12-15(3)21-18(22)11-16-7-9-17(10-8-16)20(23)24/h4-10,15H,11-12H2,1-3H3,(H,21,22)(H,23,24). The summed E-state index contributed by atoms with van der Waals surface area (Å²) in [6.45, 7) is 6.26. The van der Waals surface area contributed by atoms with Crippen molar-refractivity contribution < 1.29 is 19.4 Å². The van der Waals surface area contributed by atoms with E-state index in [-0.39, 0.29) is 23.9 Å². The van der Waals surface area contributed by atoms with Crippen LogP contribution >= 0.6 is 0 Å². The number of carbonyl (C=O) groups is 2. The highest BCUT2D eigenvalue weighted by atomic mass is 16.5. The number of carboxylic acids is 1. The fourth-order valence-electron chi connectivity index (χ4n) is 2.55. The van der Waals surface area contributed by atoms with E-state index in [9.17, 15) is 9.59 Å². The van der Waals surface area contributed by atoms with E-state index >= 15 is 0 Å². The van der Waals surface area contributed by atoms with Gasteiger partial charge in [0.15, 0.2) is 0 Å². The van der Waals surface area contributed by atoms with E-state index < -0.39 is 5.97 Å². The van der Waals surface area contributed by atoms with Crippen LogP contribution in [0.3, 0.4) is 0 Å². The zero-order valence-corrected chi connectivity index (χ0v) is 14.7. The lowest BCUT2D eigenvalue weighted by Crippen LogP contribution is -2.37. The first-order chi connectivity index (χ1) is 11.9. The van der Waals surface area contributed by atoms with Crippen molar-refractivity contribution in [2.24, 2.45) is 0 Å². The number of rotatable bonds is 7. The molecule has 1 unspecified atom stereocenters. The molecule has 0 radical (unpaired) electrons. The zero-order valence-electron chi connectivity index (χ0n) is 14.7. The predicted octanol–water partition coefficient (Wildman–Crippen LogP) is 3.13. The molecule has 1 atom stereocenters. The molecular weight excluding hydrogens is 318 g/mol. The summed E-state index contributed by atoms with van der Waals surface area (Å²) in [7, 11) is 0. The number of para-hydroxylation sites is 1. The Morgan fingerprint density at radius 2 is 1.68 bits per heavy atom. The van der Waals surface area contributed by atoms with Crippen LogP contribution < -0.4 is 10.1 Å². The molecule has 5 nitrogen and oxygen atoms in total. The van der Waals surface area contributed by atoms with E-state index in [1.54, 1.807) is 12.1 Å². The summed E-state index contributed by atoms with van der Waals surface area (Å²) in [5, 5.41) is 11.8. The molecule has 0 aliphatic carbocycles. The Kier molecular flexibility index (Phi) is 6.17. The predicted molar refractivity (Wildman–Crippen MR) is 96.1 cm³/mol. The van der Waals surface area contributed by atoms with Gasteiger partial charge in [-0.15, -0.1) is 0 Å². The van der Waals surface area contributed by atoms with Gasteiger partial charge in [-0.05, 0) is 49.6 Å². The van der Waals surface area contributed by atoms with Gasteiger partial charge in [-0.2, -0.15) is 0 Å². The molecule has 0 aliphatic rings. The third-order valence-corrected chi connectivity index (χ3v) is 3.86. The summed E-state index contributed by atoms with van der Waals surface area (Å²) in [5.41, 5.74) is 3.11. The fourth-order valence-corrected chi connectivity index (χ4v) is 2.55. The van der Waals surface area contributed by atoms with Gasteiger partial charge in [0, 0.05) is 0 Å². The lowest BCUT2D eigenvalue weighted by atomic mass is 10.1. The first-order valence-corrected chi connectivity index (χ1v) is 8.17. The smallest absolute Gasteiger partial charge is 0.335 e. The van der Waals surface area contributed by atoms with E-state index in [0.29, 0.717) is 6.61 Å². The Balaban J connectivity index is 1.84. The van der Waals surface area contributed by atoms with Gasteiger partial charge >= 0.3 is 5.97 Å². The maximum absolute atomic E-state index is 12.1. The van der Waals surface area contributed by atoms with Crippen LogP contribution in [0.5, 0.6) is 5.75 Å². The molecule has 0 saturated carbocycles. The molecule has 1 amide bonds. The lowest BCUT2D eigenvalue weighted by Gasteiger charge is -2.17. The Morgan fingerprint density at radius 3 is 2.24 bits per heavy atom. The average molecular weight is 341 g/mol. The third-order valence-electron chi connectivity index (χ3n) is 3.86. The van der Waals surface area contributed by atoms with Crippen molar-refractivity contribution in [2.75, 3.05) is 6.61 Å². The molecule has 132 valence electrons. The molecule has 0 heterocycles. The number of carbonyl (C=O) groups excluding carboxylic acids is 1. The minimum absolute atomic E-state index is 0.124. The summed E-state index contributed by atoms with van der Waals surface area (Å²) < 4.78 is 5.84. The molecule has 0 spiro atoms. The number of ether oxygens (including phenoxy) is 1. The van der Waals surface area contributed by atoms with Gasteiger partial charge < -0.3 is 15.2 Å². The highest BCUT2D eigenvalue weighted by Crippen LogP contribution is 2.22. The van der Waals surface area contributed by atoms with E-state index in [1.165, 1.54) is 12.1 Å². The Hall–Kier alpha value is -2.82. The second kappa shape index (κ2) is 8.33. The second-order valence-corrected chi connectivity index (χ2v) is 6.18. The van der Waals surface area contributed by atoms with Crippen LogP contribution in [0.2, 0.25) is 0 Å². The van der Waals surface area contributed by atoms with E-state index in [1.807, 2.05) is 39.0 Å². The van der Waals surface area contributed by atoms with Crippen LogP contribution in [-0.4, -0.2) is 29.6 Å². The van der Waals surface area contributed by atoms with Gasteiger partial charge in [-0.1, -0.05) is 30.3 Å². The number of amides is 1. The summed E-state index contributed by atoms with van der Waals surface area (Å²) in [5.74, 6) is -0.248. The van der Waals surface area contributed by atoms with Crippen molar-refractivity contribution >= 4 is 11.9 Å². The van der Waals surface area contributed by atoms with Crippen molar-refractivity contribution in [3.63, 3.8) is 0 Å². The molecule has 0 aliphatic heterocycles. The topological polar surface area (TPSA) is 75.6 Å². The number of carboxylic acid groups (broad SMARTS) is 1. The molecule has 2 N–H and O–H groups in total. The van der Waals surface area contributed by atoms with Crippen molar-refractivity contribution in [3.8, 4) is 5.75 Å². The molecular formula is C20H23NO4. The molecule has 25 heavy (non-hydrogen) atoms. The number of aryl methyl sites for hydroxylation is 2. The summed E-state index contributed by atoms with van der Waals surface area (Å²) >= 11 is 0. The maximum Gasteiger partial charge on any atom is 0.335 e. The second-order valence-electron chi connectivity index (χ2n) is 6.18. The first kappa shape index (κ1) is 18.5.